The maximum absolute atomic E-state index is 13.2. The van der Waals surface area contributed by atoms with Crippen molar-refractivity contribution in [3.05, 3.63) is 103 Å². The van der Waals surface area contributed by atoms with E-state index in [4.69, 9.17) is 39.5 Å². The number of halogens is 3. The predicted octanol–water partition coefficient (Wildman–Crippen LogP) is 5.80. The first-order chi connectivity index (χ1) is 17.1. The van der Waals surface area contributed by atoms with Gasteiger partial charge in [0, 0.05) is 38.3 Å². The molecule has 1 heterocycles. The number of hydrogen-bond acceptors (Lipinski definition) is 6. The lowest BCUT2D eigenvalue weighted by Gasteiger charge is -2.26. The Balaban J connectivity index is 1.68. The standard InChI is InChI=1S/C24H14Cl3N3O6/c25-15-6-7-21(36-12-13-4-5-16(26)10-20(13)27)14(8-15)9-19-22(31)28-24(33)29(23(19)32)17-2-1-3-18(11-17)30(34)35/h1-11H,12H2,(H,28,31,33)/b19-9-. The van der Waals surface area contributed by atoms with E-state index in [2.05, 4.69) is 5.32 Å². The lowest BCUT2D eigenvalue weighted by Crippen LogP contribution is -2.54. The molecule has 0 aliphatic carbocycles. The summed E-state index contributed by atoms with van der Waals surface area (Å²) in [7, 11) is 0. The molecule has 1 aliphatic rings. The molecule has 1 aliphatic heterocycles. The Morgan fingerprint density at radius 2 is 1.69 bits per heavy atom. The van der Waals surface area contributed by atoms with Crippen molar-refractivity contribution in [2.45, 2.75) is 6.61 Å². The van der Waals surface area contributed by atoms with Gasteiger partial charge in [-0.1, -0.05) is 46.9 Å². The Hall–Kier alpha value is -3.92. The normalized spacial score (nSPS) is 14.7. The zero-order chi connectivity index (χ0) is 26.0. The van der Waals surface area contributed by atoms with E-state index in [1.165, 1.54) is 30.3 Å². The molecule has 0 bridgehead atoms. The number of nitrogens with one attached hydrogen (secondary N) is 1. The molecule has 3 aromatic rings. The number of anilines is 1. The number of imide groups is 2. The first-order valence-corrected chi connectivity index (χ1v) is 11.3. The lowest BCUT2D eigenvalue weighted by atomic mass is 10.1. The smallest absolute Gasteiger partial charge is 0.335 e. The van der Waals surface area contributed by atoms with Gasteiger partial charge in [0.1, 0.15) is 17.9 Å². The monoisotopic (exact) mass is 545 g/mol. The Morgan fingerprint density at radius 1 is 0.972 bits per heavy atom. The molecule has 4 amide bonds. The van der Waals surface area contributed by atoms with Crippen molar-refractivity contribution >= 4 is 70.1 Å². The fourth-order valence-corrected chi connectivity index (χ4v) is 3.99. The molecule has 1 N–H and O–H groups in total. The molecule has 0 radical (unpaired) electrons. The van der Waals surface area contributed by atoms with E-state index in [0.29, 0.717) is 25.5 Å². The van der Waals surface area contributed by atoms with Gasteiger partial charge < -0.3 is 4.74 Å². The molecule has 0 saturated carbocycles. The lowest BCUT2D eigenvalue weighted by molar-refractivity contribution is -0.384. The van der Waals surface area contributed by atoms with Crippen LogP contribution < -0.4 is 15.0 Å². The number of carbonyl (C=O) groups excluding carboxylic acids is 3. The number of rotatable bonds is 6. The molecule has 1 fully saturated rings. The van der Waals surface area contributed by atoms with Crippen LogP contribution in [0.15, 0.2) is 66.2 Å². The summed E-state index contributed by atoms with van der Waals surface area (Å²) in [4.78, 5) is 49.3. The molecule has 12 heteroatoms. The van der Waals surface area contributed by atoms with Crippen LogP contribution in [0.3, 0.4) is 0 Å². The van der Waals surface area contributed by atoms with Crippen molar-refractivity contribution in [3.63, 3.8) is 0 Å². The van der Waals surface area contributed by atoms with E-state index >= 15 is 0 Å². The van der Waals surface area contributed by atoms with Crippen molar-refractivity contribution in [2.75, 3.05) is 4.90 Å². The predicted molar refractivity (Wildman–Crippen MR) is 134 cm³/mol. The molecule has 4 rings (SSSR count). The number of urea groups is 1. The van der Waals surface area contributed by atoms with Crippen molar-refractivity contribution < 1.29 is 24.0 Å². The summed E-state index contributed by atoms with van der Waals surface area (Å²) in [6, 6.07) is 13.4. The molecule has 3 aromatic carbocycles. The molecule has 182 valence electrons. The van der Waals surface area contributed by atoms with Crippen molar-refractivity contribution in [1.82, 2.24) is 5.32 Å². The highest BCUT2D eigenvalue weighted by Crippen LogP contribution is 2.30. The Labute approximate surface area is 219 Å². The highest BCUT2D eigenvalue weighted by molar-refractivity contribution is 6.39. The number of hydrogen-bond donors (Lipinski definition) is 1. The van der Waals surface area contributed by atoms with Crippen molar-refractivity contribution in [2.24, 2.45) is 0 Å². The number of non-ortho nitro benzene ring substituents is 1. The number of nitro benzene ring substituents is 1. The van der Waals surface area contributed by atoms with Crippen molar-refractivity contribution in [3.8, 4) is 5.75 Å². The van der Waals surface area contributed by atoms with Gasteiger partial charge >= 0.3 is 6.03 Å². The van der Waals surface area contributed by atoms with Gasteiger partial charge in [0.2, 0.25) is 0 Å². The van der Waals surface area contributed by atoms with Gasteiger partial charge in [-0.25, -0.2) is 9.69 Å². The number of carbonyl (C=O) groups is 3. The van der Waals surface area contributed by atoms with Gasteiger partial charge in [-0.15, -0.1) is 0 Å². The third kappa shape index (κ3) is 5.33. The van der Waals surface area contributed by atoms with E-state index in [1.807, 2.05) is 0 Å². The zero-order valence-electron chi connectivity index (χ0n) is 18.0. The third-order valence-corrected chi connectivity index (χ3v) is 5.89. The third-order valence-electron chi connectivity index (χ3n) is 5.07. The largest absolute Gasteiger partial charge is 0.488 e. The molecule has 0 aromatic heterocycles. The molecule has 36 heavy (non-hydrogen) atoms. The van der Waals surface area contributed by atoms with Gasteiger partial charge in [0.25, 0.3) is 17.5 Å². The minimum absolute atomic E-state index is 0.0479. The minimum Gasteiger partial charge on any atom is -0.488 e. The second-order valence-electron chi connectivity index (χ2n) is 7.44. The van der Waals surface area contributed by atoms with Gasteiger partial charge in [0.05, 0.1) is 10.6 Å². The number of barbiturate groups is 1. The van der Waals surface area contributed by atoms with E-state index in [-0.39, 0.29) is 29.3 Å². The number of benzene rings is 3. The quantitative estimate of drug-likeness (QED) is 0.181. The number of ether oxygens (including phenoxy) is 1. The highest BCUT2D eigenvalue weighted by Gasteiger charge is 2.37. The Morgan fingerprint density at radius 3 is 2.42 bits per heavy atom. The zero-order valence-corrected chi connectivity index (χ0v) is 20.3. The molecular weight excluding hydrogens is 533 g/mol. The second-order valence-corrected chi connectivity index (χ2v) is 8.72. The summed E-state index contributed by atoms with van der Waals surface area (Å²) >= 11 is 18.3. The molecule has 1 saturated heterocycles. The summed E-state index contributed by atoms with van der Waals surface area (Å²) in [6.07, 6.45) is 1.22. The van der Waals surface area contributed by atoms with Gasteiger partial charge in [-0.2, -0.15) is 0 Å². The summed E-state index contributed by atoms with van der Waals surface area (Å²) in [6.45, 7) is 0.0479. The summed E-state index contributed by atoms with van der Waals surface area (Å²) in [5, 5.41) is 14.3. The Bertz CT molecular complexity index is 1460. The maximum atomic E-state index is 13.2. The molecule has 0 spiro atoms. The Kier molecular flexibility index (Phi) is 7.25. The first-order valence-electron chi connectivity index (χ1n) is 10.2. The van der Waals surface area contributed by atoms with Crippen LogP contribution in [-0.4, -0.2) is 22.8 Å². The van der Waals surface area contributed by atoms with E-state index in [0.717, 1.165) is 6.07 Å². The van der Waals surface area contributed by atoms with Crippen LogP contribution in [0.1, 0.15) is 11.1 Å². The number of nitro groups is 1. The van der Waals surface area contributed by atoms with Gasteiger partial charge in [0.15, 0.2) is 0 Å². The van der Waals surface area contributed by atoms with Crippen LogP contribution in [0.25, 0.3) is 6.08 Å². The molecule has 9 nitrogen and oxygen atoms in total. The van der Waals surface area contributed by atoms with Crippen LogP contribution >= 0.6 is 34.8 Å². The van der Waals surface area contributed by atoms with Crippen LogP contribution in [0.5, 0.6) is 5.75 Å². The molecule has 0 atom stereocenters. The average Bonchev–Trinajstić information content (AvgIpc) is 2.82. The molecular formula is C24H14Cl3N3O6. The SMILES string of the molecule is O=C1NC(=O)N(c2cccc([N+](=O)[O-])c2)C(=O)/C1=C\c1cc(Cl)ccc1OCc1ccc(Cl)cc1Cl. The topological polar surface area (TPSA) is 119 Å². The first kappa shape index (κ1) is 25.2. The minimum atomic E-state index is -1.04. The van der Waals surface area contributed by atoms with E-state index in [9.17, 15) is 24.5 Å². The summed E-state index contributed by atoms with van der Waals surface area (Å²) in [5.41, 5.74) is 0.104. The van der Waals surface area contributed by atoms with Crippen LogP contribution in [0, 0.1) is 10.1 Å². The van der Waals surface area contributed by atoms with Crippen LogP contribution in [0.2, 0.25) is 15.1 Å². The van der Waals surface area contributed by atoms with Gasteiger partial charge in [-0.05, 0) is 42.5 Å². The maximum Gasteiger partial charge on any atom is 0.335 e. The second kappa shape index (κ2) is 10.4. The number of nitrogens with zero attached hydrogens (tertiary/aromatic N) is 2. The summed E-state index contributed by atoms with van der Waals surface area (Å²) < 4.78 is 5.86. The molecule has 0 unspecified atom stereocenters. The number of amides is 4. The van der Waals surface area contributed by atoms with Crippen LogP contribution in [0.4, 0.5) is 16.2 Å². The van der Waals surface area contributed by atoms with E-state index in [1.54, 1.807) is 30.3 Å². The average molecular weight is 547 g/mol. The van der Waals surface area contributed by atoms with Gasteiger partial charge in [-0.3, -0.25) is 25.0 Å². The summed E-state index contributed by atoms with van der Waals surface area (Å²) in [5.74, 6) is -1.65. The highest BCUT2D eigenvalue weighted by atomic mass is 35.5. The van der Waals surface area contributed by atoms with Crippen LogP contribution in [-0.2, 0) is 16.2 Å². The fourth-order valence-electron chi connectivity index (χ4n) is 3.35. The fraction of sp³-hybridized carbons (Fsp3) is 0.0417. The van der Waals surface area contributed by atoms with E-state index < -0.39 is 28.3 Å². The van der Waals surface area contributed by atoms with Crippen molar-refractivity contribution in [1.29, 1.82) is 0 Å².